The molecule has 0 aromatic carbocycles. The molecule has 1 rings (SSSR count). The number of carboxylic acid groups (broad SMARTS) is 1. The SMILES string of the molecule is CCOC(=O)c1nc(C(=O)O)co1. The Morgan fingerprint density at radius 1 is 1.69 bits per heavy atom. The van der Waals surface area contributed by atoms with E-state index in [1.54, 1.807) is 6.92 Å². The second-order valence-corrected chi connectivity index (χ2v) is 2.06. The third kappa shape index (κ3) is 2.05. The summed E-state index contributed by atoms with van der Waals surface area (Å²) >= 11 is 0. The first kappa shape index (κ1) is 9.24. The minimum Gasteiger partial charge on any atom is -0.476 e. The molecule has 0 aliphatic heterocycles. The molecule has 6 heteroatoms. The molecule has 1 aromatic heterocycles. The van der Waals surface area contributed by atoms with Gasteiger partial charge in [-0.25, -0.2) is 9.59 Å². The van der Waals surface area contributed by atoms with E-state index in [9.17, 15) is 9.59 Å². The molecule has 0 atom stereocenters. The number of hydrogen-bond donors (Lipinski definition) is 1. The van der Waals surface area contributed by atoms with Crippen LogP contribution in [-0.2, 0) is 4.74 Å². The van der Waals surface area contributed by atoms with E-state index in [2.05, 4.69) is 14.1 Å². The van der Waals surface area contributed by atoms with Crippen molar-refractivity contribution < 1.29 is 23.8 Å². The molecule has 0 aliphatic rings. The first-order valence-corrected chi connectivity index (χ1v) is 3.51. The van der Waals surface area contributed by atoms with E-state index in [4.69, 9.17) is 5.11 Å². The summed E-state index contributed by atoms with van der Waals surface area (Å²) in [5.74, 6) is -2.37. The minimum absolute atomic E-state index is 0.184. The molecular weight excluding hydrogens is 178 g/mol. The van der Waals surface area contributed by atoms with Gasteiger partial charge in [-0.1, -0.05) is 0 Å². The quantitative estimate of drug-likeness (QED) is 0.691. The predicted octanol–water partition coefficient (Wildman–Crippen LogP) is 0.550. The molecule has 70 valence electrons. The van der Waals surface area contributed by atoms with Crippen LogP contribution in [0.2, 0.25) is 0 Å². The van der Waals surface area contributed by atoms with Crippen LogP contribution >= 0.6 is 0 Å². The number of hydrogen-bond acceptors (Lipinski definition) is 5. The van der Waals surface area contributed by atoms with E-state index in [1.807, 2.05) is 0 Å². The highest BCUT2D eigenvalue weighted by Crippen LogP contribution is 2.03. The zero-order valence-electron chi connectivity index (χ0n) is 6.81. The van der Waals surface area contributed by atoms with Crippen molar-refractivity contribution in [3.63, 3.8) is 0 Å². The molecule has 0 unspecified atom stereocenters. The van der Waals surface area contributed by atoms with Gasteiger partial charge in [0.05, 0.1) is 6.61 Å². The molecule has 1 N–H and O–H groups in total. The van der Waals surface area contributed by atoms with Crippen molar-refractivity contribution in [3.8, 4) is 0 Å². The zero-order chi connectivity index (χ0) is 9.84. The summed E-state index contributed by atoms with van der Waals surface area (Å²) in [6.45, 7) is 1.81. The normalized spacial score (nSPS) is 9.62. The summed E-state index contributed by atoms with van der Waals surface area (Å²) in [4.78, 5) is 24.6. The predicted molar refractivity (Wildman–Crippen MR) is 39.4 cm³/mol. The zero-order valence-corrected chi connectivity index (χ0v) is 6.81. The second kappa shape index (κ2) is 3.70. The van der Waals surface area contributed by atoms with Crippen LogP contribution in [0.15, 0.2) is 10.7 Å². The molecule has 1 aromatic rings. The average Bonchev–Trinajstić information content (AvgIpc) is 2.52. The maximum Gasteiger partial charge on any atom is 0.394 e. The Balaban J connectivity index is 2.79. The van der Waals surface area contributed by atoms with E-state index in [0.29, 0.717) is 0 Å². The lowest BCUT2D eigenvalue weighted by Gasteiger charge is -1.93. The van der Waals surface area contributed by atoms with Crippen LogP contribution in [0.1, 0.15) is 28.1 Å². The molecule has 1 heterocycles. The van der Waals surface area contributed by atoms with Gasteiger partial charge in [0.25, 0.3) is 0 Å². The number of aromatic nitrogens is 1. The maximum absolute atomic E-state index is 10.9. The van der Waals surface area contributed by atoms with Crippen molar-refractivity contribution in [2.45, 2.75) is 6.92 Å². The number of rotatable bonds is 3. The van der Waals surface area contributed by atoms with Crippen molar-refractivity contribution >= 4 is 11.9 Å². The summed E-state index contributed by atoms with van der Waals surface area (Å²) in [6, 6.07) is 0. The highest BCUT2D eigenvalue weighted by molar-refractivity contribution is 5.88. The number of nitrogens with zero attached hydrogens (tertiary/aromatic N) is 1. The van der Waals surface area contributed by atoms with Crippen LogP contribution in [0, 0.1) is 0 Å². The average molecular weight is 185 g/mol. The van der Waals surface area contributed by atoms with Crippen molar-refractivity contribution in [2.75, 3.05) is 6.61 Å². The van der Waals surface area contributed by atoms with E-state index < -0.39 is 11.9 Å². The van der Waals surface area contributed by atoms with Crippen LogP contribution in [-0.4, -0.2) is 28.6 Å². The van der Waals surface area contributed by atoms with Crippen molar-refractivity contribution in [2.24, 2.45) is 0 Å². The number of ether oxygens (including phenoxy) is 1. The molecule has 0 saturated carbocycles. The smallest absolute Gasteiger partial charge is 0.394 e. The van der Waals surface area contributed by atoms with Crippen LogP contribution in [0.3, 0.4) is 0 Å². The Kier molecular flexibility index (Phi) is 2.63. The number of carbonyl (C=O) groups excluding carboxylic acids is 1. The maximum atomic E-state index is 10.9. The van der Waals surface area contributed by atoms with E-state index in [0.717, 1.165) is 6.26 Å². The van der Waals surface area contributed by atoms with Gasteiger partial charge in [0.15, 0.2) is 5.69 Å². The number of carbonyl (C=O) groups is 2. The van der Waals surface area contributed by atoms with Crippen LogP contribution in [0.4, 0.5) is 0 Å². The van der Waals surface area contributed by atoms with E-state index in [-0.39, 0.29) is 18.2 Å². The van der Waals surface area contributed by atoms with Crippen molar-refractivity contribution in [3.05, 3.63) is 17.8 Å². The lowest BCUT2D eigenvalue weighted by Crippen LogP contribution is -2.06. The summed E-state index contributed by atoms with van der Waals surface area (Å²) in [5.41, 5.74) is -0.317. The Bertz CT molecular complexity index is 329. The fraction of sp³-hybridized carbons (Fsp3) is 0.286. The molecule has 0 fully saturated rings. The van der Waals surface area contributed by atoms with Gasteiger partial charge in [-0.05, 0) is 6.92 Å². The van der Waals surface area contributed by atoms with Gasteiger partial charge >= 0.3 is 17.8 Å². The summed E-state index contributed by atoms with van der Waals surface area (Å²) < 4.78 is 9.11. The third-order valence-electron chi connectivity index (χ3n) is 1.17. The fourth-order valence-corrected chi connectivity index (χ4v) is 0.659. The minimum atomic E-state index is -1.25. The van der Waals surface area contributed by atoms with E-state index in [1.165, 1.54) is 0 Å². The summed E-state index contributed by atoms with van der Waals surface area (Å²) in [6.07, 6.45) is 0.884. The topological polar surface area (TPSA) is 89.6 Å². The van der Waals surface area contributed by atoms with Gasteiger partial charge in [0.1, 0.15) is 6.26 Å². The number of aromatic carboxylic acids is 1. The first-order chi connectivity index (χ1) is 6.15. The van der Waals surface area contributed by atoms with E-state index >= 15 is 0 Å². The molecule has 6 nitrogen and oxygen atoms in total. The highest BCUT2D eigenvalue weighted by Gasteiger charge is 2.17. The number of oxazole rings is 1. The molecule has 0 radical (unpaired) electrons. The molecular formula is C7H7NO5. The van der Waals surface area contributed by atoms with Gasteiger partial charge in [-0.3, -0.25) is 0 Å². The van der Waals surface area contributed by atoms with Crippen LogP contribution < -0.4 is 0 Å². The standard InChI is InChI=1S/C7H7NO5/c1-2-12-7(11)5-8-4(3-13-5)6(9)10/h3H,2H2,1H3,(H,9,10). The monoisotopic (exact) mass is 185 g/mol. The molecule has 0 spiro atoms. The van der Waals surface area contributed by atoms with Crippen LogP contribution in [0.25, 0.3) is 0 Å². The molecule has 0 amide bonds. The van der Waals surface area contributed by atoms with Gasteiger partial charge in [0.2, 0.25) is 0 Å². The van der Waals surface area contributed by atoms with Crippen molar-refractivity contribution in [1.29, 1.82) is 0 Å². The molecule has 0 aliphatic carbocycles. The van der Waals surface area contributed by atoms with Gasteiger partial charge < -0.3 is 14.3 Å². The molecule has 0 bridgehead atoms. The van der Waals surface area contributed by atoms with Gasteiger partial charge in [-0.15, -0.1) is 0 Å². The second-order valence-electron chi connectivity index (χ2n) is 2.06. The summed E-state index contributed by atoms with van der Waals surface area (Å²) in [7, 11) is 0. The Hall–Kier alpha value is -1.85. The van der Waals surface area contributed by atoms with Crippen molar-refractivity contribution in [1.82, 2.24) is 4.98 Å². The van der Waals surface area contributed by atoms with Gasteiger partial charge in [0, 0.05) is 0 Å². The summed E-state index contributed by atoms with van der Waals surface area (Å²) in [5, 5.41) is 8.44. The van der Waals surface area contributed by atoms with Crippen LogP contribution in [0.5, 0.6) is 0 Å². The number of esters is 1. The third-order valence-corrected chi connectivity index (χ3v) is 1.17. The molecule has 0 saturated heterocycles. The Morgan fingerprint density at radius 3 is 2.85 bits per heavy atom. The largest absolute Gasteiger partial charge is 0.476 e. The lowest BCUT2D eigenvalue weighted by molar-refractivity contribution is 0.0481. The number of carboxylic acids is 1. The lowest BCUT2D eigenvalue weighted by atomic mass is 10.5. The van der Waals surface area contributed by atoms with Gasteiger partial charge in [-0.2, -0.15) is 4.98 Å². The Labute approximate surface area is 73.1 Å². The Morgan fingerprint density at radius 2 is 2.38 bits per heavy atom. The highest BCUT2D eigenvalue weighted by atomic mass is 16.5. The fourth-order valence-electron chi connectivity index (χ4n) is 0.659. The first-order valence-electron chi connectivity index (χ1n) is 3.51. The molecule has 13 heavy (non-hydrogen) atoms.